The number of morpholine rings is 1. The van der Waals surface area contributed by atoms with Crippen LogP contribution in [0.3, 0.4) is 0 Å². The van der Waals surface area contributed by atoms with Crippen molar-refractivity contribution in [2.24, 2.45) is 0 Å². The average molecular weight is 191 g/mol. The Balaban J connectivity index is 2.24. The predicted molar refractivity (Wildman–Crippen MR) is 48.3 cm³/mol. The molecule has 1 aliphatic heterocycles. The molecule has 4 heteroatoms. The Kier molecular flexibility index (Phi) is 2.18. The van der Waals surface area contributed by atoms with E-state index in [9.17, 15) is 9.59 Å². The number of esters is 1. The van der Waals surface area contributed by atoms with Crippen LogP contribution in [-0.4, -0.2) is 18.5 Å². The van der Waals surface area contributed by atoms with Crippen LogP contribution in [0.25, 0.3) is 0 Å². The van der Waals surface area contributed by atoms with Gasteiger partial charge in [-0.25, -0.2) is 4.79 Å². The molecular formula is C10H9NO3. The molecule has 1 atom stereocenters. The first kappa shape index (κ1) is 8.74. The van der Waals surface area contributed by atoms with E-state index in [0.717, 1.165) is 5.56 Å². The smallest absolute Gasteiger partial charge is 0.333 e. The van der Waals surface area contributed by atoms with Gasteiger partial charge in [-0.1, -0.05) is 30.3 Å². The van der Waals surface area contributed by atoms with E-state index in [2.05, 4.69) is 5.32 Å². The second-order valence-corrected chi connectivity index (χ2v) is 3.02. The van der Waals surface area contributed by atoms with Crippen molar-refractivity contribution in [2.75, 3.05) is 6.61 Å². The molecule has 0 saturated carbocycles. The van der Waals surface area contributed by atoms with E-state index in [1.165, 1.54) is 0 Å². The summed E-state index contributed by atoms with van der Waals surface area (Å²) in [6.07, 6.45) is 0. The molecule has 1 aromatic rings. The van der Waals surface area contributed by atoms with E-state index < -0.39 is 12.0 Å². The molecule has 14 heavy (non-hydrogen) atoms. The van der Waals surface area contributed by atoms with Crippen molar-refractivity contribution in [2.45, 2.75) is 6.04 Å². The van der Waals surface area contributed by atoms with Crippen molar-refractivity contribution >= 4 is 11.9 Å². The molecule has 0 unspecified atom stereocenters. The number of nitrogens with one attached hydrogen (secondary N) is 1. The van der Waals surface area contributed by atoms with E-state index in [-0.39, 0.29) is 12.5 Å². The van der Waals surface area contributed by atoms with Crippen molar-refractivity contribution in [1.29, 1.82) is 0 Å². The summed E-state index contributed by atoms with van der Waals surface area (Å²) in [5.41, 5.74) is 0.741. The van der Waals surface area contributed by atoms with Gasteiger partial charge in [-0.3, -0.25) is 4.79 Å². The summed E-state index contributed by atoms with van der Waals surface area (Å²) >= 11 is 0. The fourth-order valence-corrected chi connectivity index (χ4v) is 1.35. The number of amides is 1. The second kappa shape index (κ2) is 3.49. The Bertz CT molecular complexity index is 361. The number of carbonyl (C=O) groups is 2. The van der Waals surface area contributed by atoms with Gasteiger partial charge < -0.3 is 10.1 Å². The minimum Gasteiger partial charge on any atom is -0.454 e. The molecule has 0 spiro atoms. The number of benzene rings is 1. The molecule has 1 amide bonds. The average Bonchev–Trinajstić information content (AvgIpc) is 2.23. The molecule has 2 rings (SSSR count). The van der Waals surface area contributed by atoms with Crippen LogP contribution in [0.2, 0.25) is 0 Å². The van der Waals surface area contributed by atoms with Gasteiger partial charge in [0.25, 0.3) is 5.91 Å². The Morgan fingerprint density at radius 1 is 1.21 bits per heavy atom. The van der Waals surface area contributed by atoms with Crippen LogP contribution >= 0.6 is 0 Å². The minimum absolute atomic E-state index is 0.178. The third-order valence-corrected chi connectivity index (χ3v) is 2.02. The molecule has 1 saturated heterocycles. The van der Waals surface area contributed by atoms with Gasteiger partial charge in [0.15, 0.2) is 12.6 Å². The quantitative estimate of drug-likeness (QED) is 0.654. The minimum atomic E-state index is -0.655. The molecule has 4 nitrogen and oxygen atoms in total. The van der Waals surface area contributed by atoms with Gasteiger partial charge >= 0.3 is 5.97 Å². The van der Waals surface area contributed by atoms with E-state index in [1.54, 1.807) is 12.1 Å². The molecule has 1 fully saturated rings. The van der Waals surface area contributed by atoms with Crippen LogP contribution in [0.1, 0.15) is 11.6 Å². The van der Waals surface area contributed by atoms with E-state index in [0.29, 0.717) is 0 Å². The van der Waals surface area contributed by atoms with Crippen LogP contribution in [0.5, 0.6) is 0 Å². The maximum absolute atomic E-state index is 11.3. The highest BCUT2D eigenvalue weighted by molar-refractivity contribution is 5.90. The van der Waals surface area contributed by atoms with Crippen LogP contribution < -0.4 is 5.32 Å². The molecule has 1 aliphatic rings. The molecule has 72 valence electrons. The summed E-state index contributed by atoms with van der Waals surface area (Å²) in [6, 6.07) is 8.36. The lowest BCUT2D eigenvalue weighted by Crippen LogP contribution is -2.43. The summed E-state index contributed by atoms with van der Waals surface area (Å²) in [5, 5.41) is 2.57. The Labute approximate surface area is 80.9 Å². The summed E-state index contributed by atoms with van der Waals surface area (Å²) < 4.78 is 4.71. The Morgan fingerprint density at radius 2 is 1.93 bits per heavy atom. The maximum Gasteiger partial charge on any atom is 0.333 e. The fraction of sp³-hybridized carbons (Fsp3) is 0.200. The highest BCUT2D eigenvalue weighted by Crippen LogP contribution is 2.16. The molecule has 0 radical (unpaired) electrons. The summed E-state index contributed by atoms with van der Waals surface area (Å²) in [6.45, 7) is -0.178. The van der Waals surface area contributed by atoms with Gasteiger partial charge in [-0.15, -0.1) is 0 Å². The van der Waals surface area contributed by atoms with Crippen LogP contribution in [0.15, 0.2) is 30.3 Å². The van der Waals surface area contributed by atoms with Crippen molar-refractivity contribution in [3.8, 4) is 0 Å². The zero-order valence-corrected chi connectivity index (χ0v) is 7.40. The fourth-order valence-electron chi connectivity index (χ4n) is 1.35. The van der Waals surface area contributed by atoms with Crippen LogP contribution in [0.4, 0.5) is 0 Å². The molecule has 0 aromatic heterocycles. The van der Waals surface area contributed by atoms with Crippen molar-refractivity contribution in [3.05, 3.63) is 35.9 Å². The summed E-state index contributed by atoms with van der Waals surface area (Å²) in [5.74, 6) is -0.672. The number of cyclic esters (lactones) is 1. The monoisotopic (exact) mass is 191 g/mol. The third-order valence-electron chi connectivity index (χ3n) is 2.02. The first-order valence-corrected chi connectivity index (χ1v) is 4.28. The van der Waals surface area contributed by atoms with Gasteiger partial charge in [0.1, 0.15) is 0 Å². The van der Waals surface area contributed by atoms with E-state index in [4.69, 9.17) is 4.74 Å². The maximum atomic E-state index is 11.3. The van der Waals surface area contributed by atoms with Gasteiger partial charge in [-0.05, 0) is 5.56 Å². The van der Waals surface area contributed by atoms with Crippen molar-refractivity contribution in [1.82, 2.24) is 5.32 Å². The zero-order valence-electron chi connectivity index (χ0n) is 7.40. The number of rotatable bonds is 1. The lowest BCUT2D eigenvalue weighted by Gasteiger charge is -2.22. The lowest BCUT2D eigenvalue weighted by molar-refractivity contribution is -0.157. The number of hydrogen-bond acceptors (Lipinski definition) is 3. The standard InChI is InChI=1S/C10H9NO3/c12-8-6-14-10(13)9(11-8)7-4-2-1-3-5-7/h1-5,9H,6H2,(H,11,12)/t9-/m0/s1. The lowest BCUT2D eigenvalue weighted by atomic mass is 10.1. The topological polar surface area (TPSA) is 55.4 Å². The SMILES string of the molecule is O=C1COC(=O)[C@H](c2ccccc2)N1. The number of hydrogen-bond donors (Lipinski definition) is 1. The van der Waals surface area contributed by atoms with E-state index in [1.807, 2.05) is 18.2 Å². The molecule has 1 aromatic carbocycles. The summed E-state index contributed by atoms with van der Waals surface area (Å²) in [4.78, 5) is 22.3. The Hall–Kier alpha value is -1.84. The largest absolute Gasteiger partial charge is 0.454 e. The first-order valence-electron chi connectivity index (χ1n) is 4.28. The van der Waals surface area contributed by atoms with Gasteiger partial charge in [0.05, 0.1) is 0 Å². The highest BCUT2D eigenvalue weighted by Gasteiger charge is 2.28. The van der Waals surface area contributed by atoms with Crippen LogP contribution in [0, 0.1) is 0 Å². The van der Waals surface area contributed by atoms with E-state index >= 15 is 0 Å². The Morgan fingerprint density at radius 3 is 2.64 bits per heavy atom. The normalized spacial score (nSPS) is 21.3. The van der Waals surface area contributed by atoms with Crippen LogP contribution in [-0.2, 0) is 14.3 Å². The number of ether oxygens (including phenoxy) is 1. The van der Waals surface area contributed by atoms with Crippen molar-refractivity contribution < 1.29 is 14.3 Å². The second-order valence-electron chi connectivity index (χ2n) is 3.02. The third kappa shape index (κ3) is 1.59. The van der Waals surface area contributed by atoms with Gasteiger partial charge in [0, 0.05) is 0 Å². The summed E-state index contributed by atoms with van der Waals surface area (Å²) in [7, 11) is 0. The van der Waals surface area contributed by atoms with Gasteiger partial charge in [0.2, 0.25) is 0 Å². The van der Waals surface area contributed by atoms with Crippen molar-refractivity contribution in [3.63, 3.8) is 0 Å². The zero-order chi connectivity index (χ0) is 9.97. The molecule has 0 aliphatic carbocycles. The molecule has 1 heterocycles. The highest BCUT2D eigenvalue weighted by atomic mass is 16.5. The first-order chi connectivity index (χ1) is 6.77. The number of carbonyl (C=O) groups excluding carboxylic acids is 2. The molecule has 0 bridgehead atoms. The van der Waals surface area contributed by atoms with Gasteiger partial charge in [-0.2, -0.15) is 0 Å². The molecule has 1 N–H and O–H groups in total. The predicted octanol–water partition coefficient (Wildman–Crippen LogP) is 0.401. The molecular weight excluding hydrogens is 182 g/mol.